The van der Waals surface area contributed by atoms with Crippen LogP contribution in [0.4, 0.5) is 26.3 Å². The maximum atomic E-state index is 15.6. The molecule has 2 heterocycles. The van der Waals surface area contributed by atoms with Crippen molar-refractivity contribution in [3.05, 3.63) is 143 Å². The minimum atomic E-state index is -6.10. The van der Waals surface area contributed by atoms with Gasteiger partial charge in [-0.25, -0.2) is 0 Å². The van der Waals surface area contributed by atoms with E-state index in [4.69, 9.17) is 4.52 Å². The SMILES string of the molecule is CC(=O)C1=C(C(C)=O)P2(c3ccccc3)(c3ccccc3)OC(C(F)(F)F)(C(F)(F)F)N2C1(c1ccccc1)c1ccccc1. The quantitative estimate of drug-likeness (QED) is 0.161. The monoisotopic (exact) mass is 641 g/mol. The van der Waals surface area contributed by atoms with Gasteiger partial charge in [0.1, 0.15) is 0 Å². The Labute approximate surface area is 255 Å². The number of carbonyl (C=O) groups excluding carboxylic acids is 2. The van der Waals surface area contributed by atoms with Crippen LogP contribution in [0.1, 0.15) is 25.0 Å². The van der Waals surface area contributed by atoms with E-state index in [1.54, 1.807) is 24.3 Å². The van der Waals surface area contributed by atoms with E-state index < -0.39 is 53.1 Å². The average Bonchev–Trinajstić information content (AvgIpc) is 3.20. The van der Waals surface area contributed by atoms with Crippen molar-refractivity contribution in [2.75, 3.05) is 0 Å². The van der Waals surface area contributed by atoms with Crippen molar-refractivity contribution < 1.29 is 40.5 Å². The molecule has 0 unspecified atom stereocenters. The van der Waals surface area contributed by atoms with Crippen LogP contribution in [0.2, 0.25) is 0 Å². The van der Waals surface area contributed by atoms with Gasteiger partial charge in [-0.15, -0.1) is 0 Å². The van der Waals surface area contributed by atoms with E-state index in [2.05, 4.69) is 0 Å². The Balaban J connectivity index is 2.03. The van der Waals surface area contributed by atoms with Gasteiger partial charge in [0.25, 0.3) is 0 Å². The standard InChI is InChI=1S/C34H26F6NO3P/c1-23(42)29-30(24(2)43)45(27-19-11-5-12-20-27,28-21-13-6-14-22-28)41(32(44-45,33(35,36)37)34(38,39)40)31(29,25-15-7-3-8-16-25)26-17-9-4-10-18-26/h3-22H,1-2H3. The van der Waals surface area contributed by atoms with Crippen molar-refractivity contribution in [2.45, 2.75) is 37.5 Å². The van der Waals surface area contributed by atoms with Crippen LogP contribution in [0.3, 0.4) is 0 Å². The second kappa shape index (κ2) is 9.94. The second-order valence-corrected chi connectivity index (χ2v) is 15.0. The van der Waals surface area contributed by atoms with Crippen molar-refractivity contribution in [1.82, 2.24) is 4.67 Å². The maximum absolute atomic E-state index is 15.6. The molecule has 0 amide bonds. The molecule has 0 N–H and O–H groups in total. The van der Waals surface area contributed by atoms with Crippen LogP contribution in [-0.4, -0.2) is 34.3 Å². The van der Waals surface area contributed by atoms with Crippen LogP contribution >= 0.6 is 6.98 Å². The summed E-state index contributed by atoms with van der Waals surface area (Å²) in [6.07, 6.45) is -12.2. The number of alkyl halides is 6. The van der Waals surface area contributed by atoms with Crippen LogP contribution < -0.4 is 10.6 Å². The van der Waals surface area contributed by atoms with Gasteiger partial charge in [-0.2, -0.15) is 0 Å². The number of benzene rings is 4. The van der Waals surface area contributed by atoms with Gasteiger partial charge in [0.05, 0.1) is 0 Å². The third-order valence-corrected chi connectivity index (χ3v) is 14.5. The van der Waals surface area contributed by atoms with Crippen LogP contribution in [-0.2, 0) is 19.7 Å². The predicted octanol–water partition coefficient (Wildman–Crippen LogP) is 7.56. The molecule has 45 heavy (non-hydrogen) atoms. The number of carbonyl (C=O) groups is 2. The predicted molar refractivity (Wildman–Crippen MR) is 159 cm³/mol. The van der Waals surface area contributed by atoms with E-state index in [1.165, 1.54) is 97.1 Å². The summed E-state index contributed by atoms with van der Waals surface area (Å²) in [7, 11) is 0. The second-order valence-electron chi connectivity index (χ2n) is 11.0. The van der Waals surface area contributed by atoms with Crippen LogP contribution in [0.5, 0.6) is 0 Å². The number of allylic oxidation sites excluding steroid dienone is 1. The third-order valence-electron chi connectivity index (χ3n) is 8.63. The Morgan fingerprint density at radius 2 is 0.956 bits per heavy atom. The molecule has 11 heteroatoms. The first-order valence-electron chi connectivity index (χ1n) is 13.9. The Morgan fingerprint density at radius 1 is 0.600 bits per heavy atom. The number of Topliss-reactive ketones (excluding diaryl/α,β-unsaturated/α-hetero) is 2. The van der Waals surface area contributed by atoms with E-state index in [1.807, 2.05) is 0 Å². The molecule has 0 spiro atoms. The fourth-order valence-electron chi connectivity index (χ4n) is 7.33. The van der Waals surface area contributed by atoms with Crippen LogP contribution in [0, 0.1) is 0 Å². The summed E-state index contributed by atoms with van der Waals surface area (Å²) in [6, 6.07) is 28.8. The molecule has 6 rings (SSSR count). The van der Waals surface area contributed by atoms with E-state index in [-0.39, 0.29) is 21.7 Å². The van der Waals surface area contributed by atoms with Gasteiger partial charge < -0.3 is 0 Å². The molecular weight excluding hydrogens is 615 g/mol. The number of ketones is 2. The first-order chi connectivity index (χ1) is 21.2. The summed E-state index contributed by atoms with van der Waals surface area (Å²) in [4.78, 5) is 28.2. The molecule has 1 saturated heterocycles. The van der Waals surface area contributed by atoms with Crippen molar-refractivity contribution >= 4 is 29.2 Å². The topological polar surface area (TPSA) is 46.6 Å². The van der Waals surface area contributed by atoms with Crippen LogP contribution in [0.25, 0.3) is 0 Å². The summed E-state index contributed by atoms with van der Waals surface area (Å²) in [5.74, 6) is -1.76. The van der Waals surface area contributed by atoms with E-state index in [0.29, 0.717) is 4.67 Å². The number of halogens is 6. The number of rotatable bonds is 6. The fourth-order valence-corrected chi connectivity index (χ4v) is 14.4. The Kier molecular flexibility index (Phi) is 6.83. The Bertz CT molecular complexity index is 1730. The molecule has 2 aliphatic rings. The zero-order chi connectivity index (χ0) is 32.5. The fraction of sp³-hybridized carbons (Fsp3) is 0.176. The van der Waals surface area contributed by atoms with Crippen LogP contribution in [0.15, 0.2) is 132 Å². The molecule has 0 aliphatic carbocycles. The normalized spacial score (nSPS) is 20.8. The van der Waals surface area contributed by atoms with E-state index in [0.717, 1.165) is 13.8 Å². The zero-order valence-electron chi connectivity index (χ0n) is 23.9. The van der Waals surface area contributed by atoms with Crippen molar-refractivity contribution in [3.8, 4) is 0 Å². The van der Waals surface area contributed by atoms with Gasteiger partial charge in [0, 0.05) is 0 Å². The van der Waals surface area contributed by atoms with Crippen molar-refractivity contribution in [1.29, 1.82) is 0 Å². The summed E-state index contributed by atoms with van der Waals surface area (Å²) in [5, 5.41) is -0.684. The molecule has 0 atom stereocenters. The summed E-state index contributed by atoms with van der Waals surface area (Å²) < 4.78 is 100. The number of hydrogen-bond donors (Lipinski definition) is 0. The number of hydrogen-bond acceptors (Lipinski definition) is 4. The number of nitrogens with zero attached hydrogens (tertiary/aromatic N) is 1. The first-order valence-corrected chi connectivity index (χ1v) is 16.0. The molecule has 0 bridgehead atoms. The van der Waals surface area contributed by atoms with E-state index in [9.17, 15) is 9.59 Å². The first kappa shape index (κ1) is 30.9. The third kappa shape index (κ3) is 3.56. The average molecular weight is 642 g/mol. The molecule has 0 saturated carbocycles. The Morgan fingerprint density at radius 3 is 1.27 bits per heavy atom. The van der Waals surface area contributed by atoms with Gasteiger partial charge in [-0.05, 0) is 0 Å². The molecule has 4 aromatic rings. The summed E-state index contributed by atoms with van der Waals surface area (Å²) in [6.45, 7) is -3.73. The molecule has 4 nitrogen and oxygen atoms in total. The van der Waals surface area contributed by atoms with Crippen molar-refractivity contribution in [3.63, 3.8) is 0 Å². The van der Waals surface area contributed by atoms with Gasteiger partial charge >= 0.3 is 255 Å². The van der Waals surface area contributed by atoms with Gasteiger partial charge in [-0.3, -0.25) is 0 Å². The van der Waals surface area contributed by atoms with E-state index >= 15 is 26.3 Å². The number of fused-ring (bicyclic) bond motifs is 1. The molecular formula is C34H26F6NO3P. The molecule has 0 aromatic heterocycles. The summed E-state index contributed by atoms with van der Waals surface area (Å²) >= 11 is 0. The molecule has 232 valence electrons. The van der Waals surface area contributed by atoms with Gasteiger partial charge in [-0.1, -0.05) is 0 Å². The molecule has 4 aromatic carbocycles. The molecule has 0 radical (unpaired) electrons. The van der Waals surface area contributed by atoms with Crippen molar-refractivity contribution in [2.24, 2.45) is 0 Å². The Hall–Kier alpha value is -4.11. The minimum absolute atomic E-state index is 0.0697. The molecule has 1 fully saturated rings. The van der Waals surface area contributed by atoms with Gasteiger partial charge in [0.2, 0.25) is 0 Å². The molecule has 2 aliphatic heterocycles. The summed E-state index contributed by atoms with van der Waals surface area (Å²) in [5.41, 5.74) is -8.19. The van der Waals surface area contributed by atoms with Gasteiger partial charge in [0.15, 0.2) is 0 Å². The zero-order valence-corrected chi connectivity index (χ0v) is 24.8.